The van der Waals surface area contributed by atoms with E-state index in [0.29, 0.717) is 12.5 Å². The molecule has 0 atom stereocenters. The molecule has 2 N–H and O–H groups in total. The molecule has 0 aliphatic rings. The van der Waals surface area contributed by atoms with Gasteiger partial charge < -0.3 is 10.3 Å². The van der Waals surface area contributed by atoms with Crippen LogP contribution in [-0.4, -0.2) is 9.55 Å². The number of nitrogens with two attached hydrogens (primary N) is 1. The van der Waals surface area contributed by atoms with Crippen LogP contribution in [0.5, 0.6) is 0 Å². The van der Waals surface area contributed by atoms with Crippen molar-refractivity contribution in [3.05, 3.63) is 40.8 Å². The van der Waals surface area contributed by atoms with Gasteiger partial charge in [0.1, 0.15) is 10.9 Å². The maximum atomic E-state index is 6.06. The highest BCUT2D eigenvalue weighted by Gasteiger charge is 2.18. The summed E-state index contributed by atoms with van der Waals surface area (Å²) in [5.74, 6) is 1.32. The van der Waals surface area contributed by atoms with Crippen LogP contribution in [0.2, 0.25) is 5.02 Å². The fourth-order valence-electron chi connectivity index (χ4n) is 2.11. The Balaban J connectivity index is 2.45. The van der Waals surface area contributed by atoms with Crippen LogP contribution in [0.15, 0.2) is 34.2 Å². The largest absolute Gasteiger partial charge is 0.324 e. The van der Waals surface area contributed by atoms with Gasteiger partial charge in [0, 0.05) is 16.5 Å². The minimum atomic E-state index is 0.370. The van der Waals surface area contributed by atoms with E-state index in [0.717, 1.165) is 28.0 Å². The summed E-state index contributed by atoms with van der Waals surface area (Å²) in [6, 6.07) is 7.90. The lowest BCUT2D eigenvalue weighted by molar-refractivity contribution is 0.645. The molecule has 0 bridgehead atoms. The average molecular weight is 310 g/mol. The SMILES string of the molecule is CCn1c(CN)nc(C(C)C)c1Sc1cccc(Cl)c1. The van der Waals surface area contributed by atoms with Crippen LogP contribution >= 0.6 is 23.4 Å². The zero-order valence-electron chi connectivity index (χ0n) is 12.1. The molecule has 0 unspecified atom stereocenters. The number of benzene rings is 1. The standard InChI is InChI=1S/C15H20ClN3S/c1-4-19-13(9-17)18-14(10(2)3)15(19)20-12-7-5-6-11(16)8-12/h5-8,10H,4,9,17H2,1-3H3. The first-order valence-electron chi connectivity index (χ1n) is 6.79. The van der Waals surface area contributed by atoms with Gasteiger partial charge in [-0.05, 0) is 31.0 Å². The molecule has 0 saturated carbocycles. The average Bonchev–Trinajstić information content (AvgIpc) is 2.76. The fourth-order valence-corrected chi connectivity index (χ4v) is 3.65. The van der Waals surface area contributed by atoms with Crippen molar-refractivity contribution < 1.29 is 0 Å². The zero-order chi connectivity index (χ0) is 14.7. The third kappa shape index (κ3) is 3.19. The Kier molecular flexibility index (Phi) is 5.13. The summed E-state index contributed by atoms with van der Waals surface area (Å²) in [4.78, 5) is 5.82. The van der Waals surface area contributed by atoms with Crippen molar-refractivity contribution in [3.8, 4) is 0 Å². The number of rotatable bonds is 5. The first kappa shape index (κ1) is 15.4. The molecule has 2 aromatic rings. The van der Waals surface area contributed by atoms with Crippen molar-refractivity contribution >= 4 is 23.4 Å². The molecule has 0 spiro atoms. The number of halogens is 1. The molecule has 108 valence electrons. The predicted octanol–water partition coefficient (Wildman–Crippen LogP) is 4.29. The van der Waals surface area contributed by atoms with Gasteiger partial charge in [0.05, 0.1) is 12.2 Å². The van der Waals surface area contributed by atoms with E-state index in [1.54, 1.807) is 11.8 Å². The Morgan fingerprint density at radius 2 is 2.15 bits per heavy atom. The summed E-state index contributed by atoms with van der Waals surface area (Å²) in [6.07, 6.45) is 0. The lowest BCUT2D eigenvalue weighted by Crippen LogP contribution is -2.07. The molecule has 3 nitrogen and oxygen atoms in total. The van der Waals surface area contributed by atoms with Gasteiger partial charge in [0.15, 0.2) is 0 Å². The summed E-state index contributed by atoms with van der Waals surface area (Å²) in [6.45, 7) is 7.77. The lowest BCUT2D eigenvalue weighted by Gasteiger charge is -2.11. The fraction of sp³-hybridized carbons (Fsp3) is 0.400. The molecule has 0 radical (unpaired) electrons. The van der Waals surface area contributed by atoms with Crippen LogP contribution in [-0.2, 0) is 13.1 Å². The summed E-state index contributed by atoms with van der Waals surface area (Å²) in [5, 5.41) is 1.92. The molecule has 0 amide bonds. The van der Waals surface area contributed by atoms with E-state index in [9.17, 15) is 0 Å². The number of nitrogens with zero attached hydrogens (tertiary/aromatic N) is 2. The highest BCUT2D eigenvalue weighted by Crippen LogP contribution is 2.35. The second-order valence-corrected chi connectivity index (χ2v) is 6.38. The molecule has 0 aliphatic carbocycles. The first-order chi connectivity index (χ1) is 9.56. The molecule has 1 aromatic carbocycles. The maximum Gasteiger partial charge on any atom is 0.123 e. The monoisotopic (exact) mass is 309 g/mol. The number of imidazole rings is 1. The van der Waals surface area contributed by atoms with Gasteiger partial charge in [-0.15, -0.1) is 0 Å². The van der Waals surface area contributed by atoms with Crippen LogP contribution in [0.1, 0.15) is 38.2 Å². The van der Waals surface area contributed by atoms with E-state index in [-0.39, 0.29) is 0 Å². The Bertz CT molecular complexity index is 593. The number of aromatic nitrogens is 2. The molecule has 1 heterocycles. The first-order valence-corrected chi connectivity index (χ1v) is 7.99. The minimum absolute atomic E-state index is 0.370. The zero-order valence-corrected chi connectivity index (χ0v) is 13.6. The molecular formula is C15H20ClN3S. The Labute approximate surface area is 129 Å². The molecule has 1 aromatic heterocycles. The highest BCUT2D eigenvalue weighted by molar-refractivity contribution is 7.99. The van der Waals surface area contributed by atoms with Crippen LogP contribution in [0.3, 0.4) is 0 Å². The molecule has 0 fully saturated rings. The van der Waals surface area contributed by atoms with Gasteiger partial charge in [-0.1, -0.05) is 43.3 Å². The number of hydrogen-bond acceptors (Lipinski definition) is 3. The quantitative estimate of drug-likeness (QED) is 0.896. The van der Waals surface area contributed by atoms with Gasteiger partial charge in [0.2, 0.25) is 0 Å². The van der Waals surface area contributed by atoms with E-state index in [1.165, 1.54) is 5.03 Å². The van der Waals surface area contributed by atoms with Crippen molar-refractivity contribution in [3.63, 3.8) is 0 Å². The molecule has 0 saturated heterocycles. The normalized spacial score (nSPS) is 11.3. The molecule has 0 aliphatic heterocycles. The number of hydrogen-bond donors (Lipinski definition) is 1. The van der Waals surface area contributed by atoms with E-state index >= 15 is 0 Å². The Morgan fingerprint density at radius 3 is 2.70 bits per heavy atom. The summed E-state index contributed by atoms with van der Waals surface area (Å²) >= 11 is 7.77. The van der Waals surface area contributed by atoms with Crippen molar-refractivity contribution in [1.29, 1.82) is 0 Å². The second kappa shape index (κ2) is 6.66. The van der Waals surface area contributed by atoms with E-state index in [2.05, 4.69) is 31.4 Å². The van der Waals surface area contributed by atoms with Crippen molar-refractivity contribution in [1.82, 2.24) is 9.55 Å². The smallest absolute Gasteiger partial charge is 0.123 e. The van der Waals surface area contributed by atoms with Crippen LogP contribution in [0.4, 0.5) is 0 Å². The van der Waals surface area contributed by atoms with E-state index in [1.807, 2.05) is 18.2 Å². The van der Waals surface area contributed by atoms with E-state index in [4.69, 9.17) is 22.3 Å². The van der Waals surface area contributed by atoms with Gasteiger partial charge >= 0.3 is 0 Å². The Hall–Kier alpha value is -0.970. The van der Waals surface area contributed by atoms with Gasteiger partial charge in [-0.2, -0.15) is 0 Å². The van der Waals surface area contributed by atoms with Gasteiger partial charge in [0.25, 0.3) is 0 Å². The van der Waals surface area contributed by atoms with Crippen molar-refractivity contribution in [2.45, 2.75) is 49.7 Å². The summed E-state index contributed by atoms with van der Waals surface area (Å²) in [5.41, 5.74) is 6.92. The lowest BCUT2D eigenvalue weighted by atomic mass is 10.1. The molecule has 2 rings (SSSR count). The minimum Gasteiger partial charge on any atom is -0.324 e. The topological polar surface area (TPSA) is 43.8 Å². The van der Waals surface area contributed by atoms with Crippen LogP contribution < -0.4 is 5.73 Å². The second-order valence-electron chi connectivity index (χ2n) is 4.88. The molecule has 5 heteroatoms. The van der Waals surface area contributed by atoms with E-state index < -0.39 is 0 Å². The summed E-state index contributed by atoms with van der Waals surface area (Å²) in [7, 11) is 0. The van der Waals surface area contributed by atoms with Gasteiger partial charge in [-0.25, -0.2) is 4.98 Å². The van der Waals surface area contributed by atoms with Gasteiger partial charge in [-0.3, -0.25) is 0 Å². The highest BCUT2D eigenvalue weighted by atomic mass is 35.5. The Morgan fingerprint density at radius 1 is 1.40 bits per heavy atom. The predicted molar refractivity (Wildman–Crippen MR) is 85.5 cm³/mol. The third-order valence-electron chi connectivity index (χ3n) is 3.08. The third-order valence-corrected chi connectivity index (χ3v) is 4.43. The summed E-state index contributed by atoms with van der Waals surface area (Å²) < 4.78 is 2.20. The van der Waals surface area contributed by atoms with Crippen molar-refractivity contribution in [2.75, 3.05) is 0 Å². The van der Waals surface area contributed by atoms with Crippen molar-refractivity contribution in [2.24, 2.45) is 5.73 Å². The molecular weight excluding hydrogens is 290 g/mol. The maximum absolute atomic E-state index is 6.06. The molecule has 20 heavy (non-hydrogen) atoms. The van der Waals surface area contributed by atoms with Crippen LogP contribution in [0, 0.1) is 0 Å². The van der Waals surface area contributed by atoms with Crippen LogP contribution in [0.25, 0.3) is 0 Å².